The van der Waals surface area contributed by atoms with Crippen LogP contribution in [0.25, 0.3) is 0 Å². The van der Waals surface area contributed by atoms with Crippen LogP contribution in [0.3, 0.4) is 0 Å². The molecule has 24 heavy (non-hydrogen) atoms. The number of ether oxygens (including phenoxy) is 1. The summed E-state index contributed by atoms with van der Waals surface area (Å²) in [6.07, 6.45) is 2.26. The van der Waals surface area contributed by atoms with E-state index in [1.54, 1.807) is 30.2 Å². The number of carbonyl (C=O) groups is 2. The summed E-state index contributed by atoms with van der Waals surface area (Å²) in [4.78, 5) is 30.6. The maximum atomic E-state index is 12.9. The number of pyridine rings is 1. The number of benzene rings is 1. The molecule has 1 aromatic carbocycles. The molecule has 0 radical (unpaired) electrons. The molecular weight excluding hydrogens is 306 g/mol. The zero-order valence-corrected chi connectivity index (χ0v) is 13.4. The monoisotopic (exact) mass is 325 g/mol. The van der Waals surface area contributed by atoms with Gasteiger partial charge < -0.3 is 15.0 Å². The highest BCUT2D eigenvalue weighted by molar-refractivity contribution is 5.98. The Morgan fingerprint density at radius 2 is 2.04 bits per heavy atom. The molecule has 1 aliphatic rings. The van der Waals surface area contributed by atoms with Crippen LogP contribution in [-0.2, 0) is 4.79 Å². The number of nitrogens with one attached hydrogen (secondary N) is 1. The zero-order valence-electron chi connectivity index (χ0n) is 13.4. The van der Waals surface area contributed by atoms with Gasteiger partial charge in [-0.05, 0) is 37.6 Å². The van der Waals surface area contributed by atoms with Crippen molar-refractivity contribution in [1.29, 1.82) is 0 Å². The Bertz CT molecular complexity index is 733. The van der Waals surface area contributed by atoms with Gasteiger partial charge in [0, 0.05) is 19.3 Å². The average Bonchev–Trinajstić information content (AvgIpc) is 2.77. The minimum absolute atomic E-state index is 0.151. The van der Waals surface area contributed by atoms with E-state index in [1.165, 1.54) is 0 Å². The van der Waals surface area contributed by atoms with Gasteiger partial charge in [-0.1, -0.05) is 18.2 Å². The largest absolute Gasteiger partial charge is 0.455 e. The summed E-state index contributed by atoms with van der Waals surface area (Å²) in [6.45, 7) is 2.79. The van der Waals surface area contributed by atoms with Gasteiger partial charge in [0.05, 0.1) is 0 Å². The molecule has 1 atom stereocenters. The van der Waals surface area contributed by atoms with E-state index in [-0.39, 0.29) is 17.5 Å². The van der Waals surface area contributed by atoms with Gasteiger partial charge >= 0.3 is 0 Å². The summed E-state index contributed by atoms with van der Waals surface area (Å²) in [5.74, 6) is 0.556. The first-order valence-corrected chi connectivity index (χ1v) is 7.93. The Kier molecular flexibility index (Phi) is 4.74. The molecule has 6 heteroatoms. The van der Waals surface area contributed by atoms with Crippen LogP contribution in [-0.4, -0.2) is 40.8 Å². The first-order chi connectivity index (χ1) is 11.7. The minimum atomic E-state index is -0.536. The molecular formula is C18H19N3O3. The molecule has 0 spiro atoms. The molecule has 0 saturated carbocycles. The number of rotatable bonds is 3. The Morgan fingerprint density at radius 1 is 1.25 bits per heavy atom. The molecule has 1 fully saturated rings. The van der Waals surface area contributed by atoms with Crippen molar-refractivity contribution in [2.45, 2.75) is 19.4 Å². The molecule has 6 nitrogen and oxygen atoms in total. The van der Waals surface area contributed by atoms with Gasteiger partial charge in [0.15, 0.2) is 11.4 Å². The number of hydrogen-bond acceptors (Lipinski definition) is 4. The maximum Gasteiger partial charge on any atom is 0.277 e. The second-order valence-corrected chi connectivity index (χ2v) is 5.58. The van der Waals surface area contributed by atoms with Crippen molar-refractivity contribution in [3.8, 4) is 11.5 Å². The van der Waals surface area contributed by atoms with Crippen LogP contribution in [0, 0.1) is 0 Å². The zero-order chi connectivity index (χ0) is 16.9. The smallest absolute Gasteiger partial charge is 0.277 e. The summed E-state index contributed by atoms with van der Waals surface area (Å²) in [5, 5.41) is 2.80. The molecule has 1 aliphatic heterocycles. The Morgan fingerprint density at radius 3 is 2.83 bits per heavy atom. The van der Waals surface area contributed by atoms with Crippen LogP contribution in [0.15, 0.2) is 48.7 Å². The Hall–Kier alpha value is -2.89. The lowest BCUT2D eigenvalue weighted by Gasteiger charge is -2.25. The molecule has 0 aliphatic carbocycles. The third kappa shape index (κ3) is 3.37. The molecule has 1 aromatic heterocycles. The van der Waals surface area contributed by atoms with Crippen molar-refractivity contribution in [3.05, 3.63) is 54.4 Å². The van der Waals surface area contributed by atoms with Gasteiger partial charge in [-0.2, -0.15) is 0 Å². The number of para-hydroxylation sites is 1. The summed E-state index contributed by atoms with van der Waals surface area (Å²) in [6, 6.07) is 12.1. The van der Waals surface area contributed by atoms with Crippen molar-refractivity contribution >= 4 is 11.8 Å². The summed E-state index contributed by atoms with van der Waals surface area (Å²) in [7, 11) is 0. The molecule has 3 rings (SSSR count). The molecule has 2 amide bonds. The van der Waals surface area contributed by atoms with Crippen LogP contribution >= 0.6 is 0 Å². The molecule has 1 unspecified atom stereocenters. The van der Waals surface area contributed by atoms with Crippen LogP contribution in [0.4, 0.5) is 0 Å². The second kappa shape index (κ2) is 7.12. The normalized spacial score (nSPS) is 17.8. The summed E-state index contributed by atoms with van der Waals surface area (Å²) >= 11 is 0. The Labute approximate surface area is 140 Å². The highest BCUT2D eigenvalue weighted by Crippen LogP contribution is 2.25. The third-order valence-corrected chi connectivity index (χ3v) is 3.93. The van der Waals surface area contributed by atoms with E-state index >= 15 is 0 Å². The van der Waals surface area contributed by atoms with Crippen LogP contribution in [0.5, 0.6) is 11.5 Å². The fourth-order valence-corrected chi connectivity index (χ4v) is 2.61. The lowest BCUT2D eigenvalue weighted by molar-refractivity contribution is -0.124. The van der Waals surface area contributed by atoms with E-state index in [9.17, 15) is 9.59 Å². The SMILES string of the molecule is CC1C(=O)NCCCN1C(=O)c1ncccc1Oc1ccccc1. The lowest BCUT2D eigenvalue weighted by Crippen LogP contribution is -2.45. The van der Waals surface area contributed by atoms with Crippen LogP contribution in [0.2, 0.25) is 0 Å². The first kappa shape index (κ1) is 16.0. The molecule has 0 bridgehead atoms. The van der Waals surface area contributed by atoms with Gasteiger partial charge in [0.2, 0.25) is 5.91 Å². The van der Waals surface area contributed by atoms with E-state index in [0.29, 0.717) is 31.0 Å². The van der Waals surface area contributed by atoms with Crippen molar-refractivity contribution in [1.82, 2.24) is 15.2 Å². The molecule has 1 saturated heterocycles. The van der Waals surface area contributed by atoms with Crippen LogP contribution in [0.1, 0.15) is 23.8 Å². The van der Waals surface area contributed by atoms with E-state index in [0.717, 1.165) is 0 Å². The third-order valence-electron chi connectivity index (χ3n) is 3.93. The number of aromatic nitrogens is 1. The van der Waals surface area contributed by atoms with E-state index in [2.05, 4.69) is 10.3 Å². The van der Waals surface area contributed by atoms with Crippen molar-refractivity contribution in [3.63, 3.8) is 0 Å². The quantitative estimate of drug-likeness (QED) is 0.939. The highest BCUT2D eigenvalue weighted by atomic mass is 16.5. The topological polar surface area (TPSA) is 71.5 Å². The summed E-state index contributed by atoms with van der Waals surface area (Å²) < 4.78 is 5.80. The second-order valence-electron chi connectivity index (χ2n) is 5.58. The number of carbonyl (C=O) groups excluding carboxylic acids is 2. The van der Waals surface area contributed by atoms with E-state index in [4.69, 9.17) is 4.74 Å². The van der Waals surface area contributed by atoms with Crippen molar-refractivity contribution < 1.29 is 14.3 Å². The fraction of sp³-hybridized carbons (Fsp3) is 0.278. The van der Waals surface area contributed by atoms with Gasteiger partial charge in [-0.3, -0.25) is 9.59 Å². The molecule has 124 valence electrons. The standard InChI is InChI=1S/C18H19N3O3/c1-13-17(22)20-11-6-12-21(13)18(23)16-15(9-5-10-19-16)24-14-7-3-2-4-8-14/h2-5,7-10,13H,6,11-12H2,1H3,(H,20,22). The van der Waals surface area contributed by atoms with Gasteiger partial charge in [-0.25, -0.2) is 4.98 Å². The van der Waals surface area contributed by atoms with Gasteiger partial charge in [-0.15, -0.1) is 0 Å². The molecule has 1 N–H and O–H groups in total. The first-order valence-electron chi connectivity index (χ1n) is 7.93. The van der Waals surface area contributed by atoms with Gasteiger partial charge in [0.25, 0.3) is 5.91 Å². The maximum absolute atomic E-state index is 12.9. The number of amides is 2. The summed E-state index contributed by atoms with van der Waals surface area (Å²) in [5.41, 5.74) is 0.211. The fourth-order valence-electron chi connectivity index (χ4n) is 2.61. The van der Waals surface area contributed by atoms with Crippen molar-refractivity contribution in [2.24, 2.45) is 0 Å². The van der Waals surface area contributed by atoms with E-state index in [1.807, 2.05) is 30.3 Å². The van der Waals surface area contributed by atoms with Crippen molar-refractivity contribution in [2.75, 3.05) is 13.1 Å². The minimum Gasteiger partial charge on any atom is -0.455 e. The lowest BCUT2D eigenvalue weighted by atomic mass is 10.2. The van der Waals surface area contributed by atoms with Crippen LogP contribution < -0.4 is 10.1 Å². The van der Waals surface area contributed by atoms with E-state index < -0.39 is 6.04 Å². The van der Waals surface area contributed by atoms with Gasteiger partial charge in [0.1, 0.15) is 11.8 Å². The molecule has 2 aromatic rings. The average molecular weight is 325 g/mol. The predicted molar refractivity (Wildman–Crippen MR) is 88.9 cm³/mol. The predicted octanol–water partition coefficient (Wildman–Crippen LogP) is 2.22. The Balaban J connectivity index is 1.88. The number of hydrogen-bond donors (Lipinski definition) is 1. The highest BCUT2D eigenvalue weighted by Gasteiger charge is 2.30. The molecule has 2 heterocycles. The number of nitrogens with zero attached hydrogens (tertiary/aromatic N) is 2.